The quantitative estimate of drug-likeness (QED) is 0.825. The minimum absolute atomic E-state index is 0.732. The summed E-state index contributed by atoms with van der Waals surface area (Å²) < 4.78 is 15.9. The van der Waals surface area contributed by atoms with Crippen LogP contribution in [0.5, 0.6) is 17.2 Å². The van der Waals surface area contributed by atoms with E-state index in [0.717, 1.165) is 28.4 Å². The second-order valence-corrected chi connectivity index (χ2v) is 3.68. The number of hydrogen-bond donors (Lipinski definition) is 0. The van der Waals surface area contributed by atoms with E-state index in [-0.39, 0.29) is 0 Å². The van der Waals surface area contributed by atoms with Crippen molar-refractivity contribution in [1.82, 2.24) is 0 Å². The Morgan fingerprint density at radius 1 is 0.889 bits per heavy atom. The molecule has 2 aromatic rings. The molecule has 3 nitrogen and oxygen atoms in total. The molecule has 0 aliphatic rings. The first-order chi connectivity index (χ1) is 8.80. The molecule has 0 atom stereocenters. The molecule has 2 rings (SSSR count). The van der Waals surface area contributed by atoms with Gasteiger partial charge in [0.05, 0.1) is 21.3 Å². The normalized spacial score (nSPS) is 9.94. The van der Waals surface area contributed by atoms with Gasteiger partial charge in [0.25, 0.3) is 0 Å². The molecule has 0 amide bonds. The summed E-state index contributed by atoms with van der Waals surface area (Å²) in [6.45, 7) is 0. The molecule has 1 radical (unpaired) electrons. The Morgan fingerprint density at radius 2 is 1.67 bits per heavy atom. The van der Waals surface area contributed by atoms with E-state index in [0.29, 0.717) is 0 Å². The van der Waals surface area contributed by atoms with Gasteiger partial charge in [0.2, 0.25) is 0 Å². The molecule has 2 aromatic carbocycles. The first kappa shape index (κ1) is 12.3. The summed E-state index contributed by atoms with van der Waals surface area (Å²) >= 11 is 0. The maximum Gasteiger partial charge on any atom is 0.130 e. The Kier molecular flexibility index (Phi) is 3.72. The van der Waals surface area contributed by atoms with Crippen LogP contribution >= 0.6 is 0 Å². The van der Waals surface area contributed by atoms with Crippen LogP contribution in [0.25, 0.3) is 11.1 Å². The van der Waals surface area contributed by atoms with Crippen LogP contribution < -0.4 is 14.2 Å². The van der Waals surface area contributed by atoms with Gasteiger partial charge in [0.15, 0.2) is 0 Å². The van der Waals surface area contributed by atoms with Gasteiger partial charge in [0, 0.05) is 17.2 Å². The van der Waals surface area contributed by atoms with Crippen LogP contribution in [-0.4, -0.2) is 21.3 Å². The van der Waals surface area contributed by atoms with E-state index in [4.69, 9.17) is 14.2 Å². The Labute approximate surface area is 107 Å². The Balaban J connectivity index is 2.56. The second kappa shape index (κ2) is 5.45. The zero-order chi connectivity index (χ0) is 13.0. The van der Waals surface area contributed by atoms with Crippen molar-refractivity contribution in [2.45, 2.75) is 0 Å². The van der Waals surface area contributed by atoms with Gasteiger partial charge in [-0.25, -0.2) is 0 Å². The molecule has 0 fully saturated rings. The van der Waals surface area contributed by atoms with Gasteiger partial charge >= 0.3 is 0 Å². The van der Waals surface area contributed by atoms with E-state index < -0.39 is 0 Å². The van der Waals surface area contributed by atoms with Gasteiger partial charge in [0.1, 0.15) is 17.2 Å². The fourth-order valence-corrected chi connectivity index (χ4v) is 1.81. The second-order valence-electron chi connectivity index (χ2n) is 3.68. The van der Waals surface area contributed by atoms with Crippen molar-refractivity contribution in [3.63, 3.8) is 0 Å². The molecule has 0 bridgehead atoms. The predicted octanol–water partition coefficient (Wildman–Crippen LogP) is 3.18. The van der Waals surface area contributed by atoms with Crippen LogP contribution in [-0.2, 0) is 0 Å². The lowest BCUT2D eigenvalue weighted by atomic mass is 10.0. The lowest BCUT2D eigenvalue weighted by Gasteiger charge is -2.12. The highest BCUT2D eigenvalue weighted by Crippen LogP contribution is 2.37. The molecule has 93 valence electrons. The fourth-order valence-electron chi connectivity index (χ4n) is 1.81. The number of rotatable bonds is 4. The molecule has 0 aliphatic heterocycles. The average molecular weight is 243 g/mol. The third kappa shape index (κ3) is 2.25. The van der Waals surface area contributed by atoms with Gasteiger partial charge in [-0.2, -0.15) is 0 Å². The summed E-state index contributed by atoms with van der Waals surface area (Å²) in [5, 5.41) is 0. The van der Waals surface area contributed by atoms with E-state index in [1.165, 1.54) is 0 Å². The third-order valence-electron chi connectivity index (χ3n) is 2.72. The topological polar surface area (TPSA) is 27.7 Å². The van der Waals surface area contributed by atoms with Crippen molar-refractivity contribution in [3.05, 3.63) is 42.5 Å². The predicted molar refractivity (Wildman–Crippen MR) is 70.4 cm³/mol. The van der Waals surface area contributed by atoms with E-state index in [9.17, 15) is 0 Å². The summed E-state index contributed by atoms with van der Waals surface area (Å²) in [4.78, 5) is 0. The summed E-state index contributed by atoms with van der Waals surface area (Å²) in [5.74, 6) is 2.25. The lowest BCUT2D eigenvalue weighted by molar-refractivity contribution is 0.394. The Morgan fingerprint density at radius 3 is 2.33 bits per heavy atom. The molecule has 0 unspecified atom stereocenters. The van der Waals surface area contributed by atoms with Crippen molar-refractivity contribution in [3.8, 4) is 28.4 Å². The number of benzene rings is 2. The zero-order valence-electron chi connectivity index (χ0n) is 10.7. The van der Waals surface area contributed by atoms with Gasteiger partial charge in [-0.05, 0) is 24.3 Å². The fraction of sp³-hybridized carbons (Fsp3) is 0.200. The minimum atomic E-state index is 0.732. The maximum atomic E-state index is 5.39. The molecule has 3 heteroatoms. The van der Waals surface area contributed by atoms with Crippen molar-refractivity contribution >= 4 is 0 Å². The summed E-state index contributed by atoms with van der Waals surface area (Å²) in [7, 11) is 4.90. The first-order valence-corrected chi connectivity index (χ1v) is 5.57. The van der Waals surface area contributed by atoms with Crippen LogP contribution in [0.4, 0.5) is 0 Å². The van der Waals surface area contributed by atoms with E-state index in [1.807, 2.05) is 36.4 Å². The largest absolute Gasteiger partial charge is 0.497 e. The van der Waals surface area contributed by atoms with Crippen LogP contribution in [0.1, 0.15) is 0 Å². The SMILES string of the molecule is COc1ccc(-c2[c]cccc2OC)c(OC)c1. The summed E-state index contributed by atoms with van der Waals surface area (Å²) in [5.41, 5.74) is 1.80. The zero-order valence-corrected chi connectivity index (χ0v) is 10.7. The van der Waals surface area contributed by atoms with Crippen molar-refractivity contribution in [2.24, 2.45) is 0 Å². The minimum Gasteiger partial charge on any atom is -0.497 e. The van der Waals surface area contributed by atoms with Crippen molar-refractivity contribution in [1.29, 1.82) is 0 Å². The Hall–Kier alpha value is -2.16. The van der Waals surface area contributed by atoms with E-state index in [1.54, 1.807) is 21.3 Å². The summed E-state index contributed by atoms with van der Waals surface area (Å²) in [6.07, 6.45) is 0. The molecule has 0 saturated heterocycles. The van der Waals surface area contributed by atoms with Gasteiger partial charge in [-0.3, -0.25) is 0 Å². The smallest absolute Gasteiger partial charge is 0.130 e. The number of hydrogen-bond acceptors (Lipinski definition) is 3. The maximum absolute atomic E-state index is 5.39. The summed E-state index contributed by atoms with van der Waals surface area (Å²) in [6, 6.07) is 14.5. The molecule has 0 aliphatic carbocycles. The number of methoxy groups -OCH3 is 3. The molecule has 0 N–H and O–H groups in total. The highest BCUT2D eigenvalue weighted by molar-refractivity contribution is 5.76. The third-order valence-corrected chi connectivity index (χ3v) is 2.72. The highest BCUT2D eigenvalue weighted by atomic mass is 16.5. The van der Waals surface area contributed by atoms with E-state index in [2.05, 4.69) is 6.07 Å². The van der Waals surface area contributed by atoms with Crippen LogP contribution in [0.2, 0.25) is 0 Å². The lowest BCUT2D eigenvalue weighted by Crippen LogP contribution is -1.93. The Bertz CT molecular complexity index is 535. The average Bonchev–Trinajstić information content (AvgIpc) is 2.46. The molecular weight excluding hydrogens is 228 g/mol. The molecule has 0 spiro atoms. The van der Waals surface area contributed by atoms with Crippen LogP contribution in [0.3, 0.4) is 0 Å². The molecule has 0 heterocycles. The molecular formula is C15H15O3. The first-order valence-electron chi connectivity index (χ1n) is 5.57. The van der Waals surface area contributed by atoms with Crippen LogP contribution in [0.15, 0.2) is 36.4 Å². The van der Waals surface area contributed by atoms with Crippen LogP contribution in [0, 0.1) is 6.07 Å². The number of ether oxygens (including phenoxy) is 3. The monoisotopic (exact) mass is 243 g/mol. The molecule has 18 heavy (non-hydrogen) atoms. The van der Waals surface area contributed by atoms with Crippen molar-refractivity contribution in [2.75, 3.05) is 21.3 Å². The van der Waals surface area contributed by atoms with Gasteiger partial charge < -0.3 is 14.2 Å². The molecule has 0 saturated carbocycles. The molecule has 0 aromatic heterocycles. The standard InChI is InChI=1S/C15H15O3/c1-16-11-8-9-13(15(10-11)18-3)12-6-4-5-7-14(12)17-2/h4-5,7-10H,1-3H3. The highest BCUT2D eigenvalue weighted by Gasteiger charge is 2.11. The van der Waals surface area contributed by atoms with E-state index >= 15 is 0 Å². The van der Waals surface area contributed by atoms with Crippen molar-refractivity contribution < 1.29 is 14.2 Å². The van der Waals surface area contributed by atoms with Gasteiger partial charge in [-0.1, -0.05) is 12.1 Å². The van der Waals surface area contributed by atoms with Gasteiger partial charge in [-0.15, -0.1) is 0 Å².